The maximum atomic E-state index is 12.2. The normalized spacial score (nSPS) is 10.6. The van der Waals surface area contributed by atoms with Crippen LogP contribution in [-0.4, -0.2) is 38.6 Å². The van der Waals surface area contributed by atoms with Crippen LogP contribution >= 0.6 is 0 Å². The zero-order chi connectivity index (χ0) is 18.2. The monoisotopic (exact) mass is 342 g/mol. The third-order valence-corrected chi connectivity index (χ3v) is 3.98. The van der Waals surface area contributed by atoms with Crippen molar-refractivity contribution < 1.29 is 14.3 Å². The minimum atomic E-state index is -0.0476. The number of para-hydroxylation sites is 1. The van der Waals surface area contributed by atoms with Crippen LogP contribution in [0.1, 0.15) is 18.1 Å². The summed E-state index contributed by atoms with van der Waals surface area (Å²) in [6, 6.07) is 13.7. The fourth-order valence-corrected chi connectivity index (χ4v) is 2.69. The average Bonchev–Trinajstić information content (AvgIpc) is 2.61. The standard InChI is InChI=1S/C20H26N2O3/c1-5-15-9-11-17(12-10-15)21-19(23)14-22(2)13-16-7-6-8-18(24-3)20(16)25-4/h6-12H,5,13-14H2,1-4H3,(H,21,23). The largest absolute Gasteiger partial charge is 0.493 e. The Bertz CT molecular complexity index is 699. The molecular formula is C20H26N2O3. The molecule has 0 saturated carbocycles. The first kappa shape index (κ1) is 18.8. The highest BCUT2D eigenvalue weighted by molar-refractivity contribution is 5.92. The number of ether oxygens (including phenoxy) is 2. The molecule has 0 aliphatic heterocycles. The fraction of sp³-hybridized carbons (Fsp3) is 0.350. The van der Waals surface area contributed by atoms with E-state index in [0.29, 0.717) is 18.0 Å². The highest BCUT2D eigenvalue weighted by Crippen LogP contribution is 2.31. The highest BCUT2D eigenvalue weighted by atomic mass is 16.5. The number of methoxy groups -OCH3 is 2. The molecule has 0 aromatic heterocycles. The third-order valence-electron chi connectivity index (χ3n) is 3.98. The van der Waals surface area contributed by atoms with Gasteiger partial charge in [-0.2, -0.15) is 0 Å². The molecule has 0 spiro atoms. The highest BCUT2D eigenvalue weighted by Gasteiger charge is 2.13. The van der Waals surface area contributed by atoms with E-state index < -0.39 is 0 Å². The molecule has 1 amide bonds. The third kappa shape index (κ3) is 5.22. The summed E-state index contributed by atoms with van der Waals surface area (Å²) in [4.78, 5) is 14.2. The van der Waals surface area contributed by atoms with E-state index in [2.05, 4.69) is 12.2 Å². The molecule has 0 radical (unpaired) electrons. The van der Waals surface area contributed by atoms with Crippen molar-refractivity contribution in [1.82, 2.24) is 4.90 Å². The SMILES string of the molecule is CCc1ccc(NC(=O)CN(C)Cc2cccc(OC)c2OC)cc1. The quantitative estimate of drug-likeness (QED) is 0.799. The number of aryl methyl sites for hydroxylation is 1. The van der Waals surface area contributed by atoms with Gasteiger partial charge in [0.15, 0.2) is 11.5 Å². The van der Waals surface area contributed by atoms with Gasteiger partial charge in [0.05, 0.1) is 20.8 Å². The first-order chi connectivity index (χ1) is 12.1. The number of hydrogen-bond acceptors (Lipinski definition) is 4. The summed E-state index contributed by atoms with van der Waals surface area (Å²) in [5, 5.41) is 2.92. The van der Waals surface area contributed by atoms with Gasteiger partial charge in [-0.15, -0.1) is 0 Å². The molecule has 0 atom stereocenters. The molecule has 2 aromatic rings. The van der Waals surface area contributed by atoms with E-state index in [0.717, 1.165) is 17.7 Å². The zero-order valence-electron chi connectivity index (χ0n) is 15.3. The Hall–Kier alpha value is -2.53. The van der Waals surface area contributed by atoms with Crippen LogP contribution in [0.15, 0.2) is 42.5 Å². The van der Waals surface area contributed by atoms with Crippen LogP contribution < -0.4 is 14.8 Å². The average molecular weight is 342 g/mol. The van der Waals surface area contributed by atoms with Crippen molar-refractivity contribution in [2.45, 2.75) is 19.9 Å². The van der Waals surface area contributed by atoms with Gasteiger partial charge >= 0.3 is 0 Å². The molecule has 1 N–H and O–H groups in total. The minimum Gasteiger partial charge on any atom is -0.493 e. The Morgan fingerprint density at radius 2 is 1.80 bits per heavy atom. The van der Waals surface area contributed by atoms with Gasteiger partial charge in [-0.1, -0.05) is 31.2 Å². The Morgan fingerprint density at radius 1 is 1.08 bits per heavy atom. The Kier molecular flexibility index (Phi) is 6.83. The van der Waals surface area contributed by atoms with Crippen molar-refractivity contribution in [2.24, 2.45) is 0 Å². The van der Waals surface area contributed by atoms with Gasteiger partial charge in [-0.25, -0.2) is 0 Å². The zero-order valence-corrected chi connectivity index (χ0v) is 15.3. The molecule has 5 nitrogen and oxygen atoms in total. The second-order valence-corrected chi connectivity index (χ2v) is 5.92. The van der Waals surface area contributed by atoms with Gasteiger partial charge in [0, 0.05) is 17.8 Å². The van der Waals surface area contributed by atoms with Crippen molar-refractivity contribution in [3.63, 3.8) is 0 Å². The second-order valence-electron chi connectivity index (χ2n) is 5.92. The van der Waals surface area contributed by atoms with Crippen LogP contribution in [0.4, 0.5) is 5.69 Å². The Morgan fingerprint density at radius 3 is 2.40 bits per heavy atom. The minimum absolute atomic E-state index is 0.0476. The van der Waals surface area contributed by atoms with Crippen LogP contribution in [0.5, 0.6) is 11.5 Å². The van der Waals surface area contributed by atoms with E-state index in [1.165, 1.54) is 5.56 Å². The second kappa shape index (κ2) is 9.08. The van der Waals surface area contributed by atoms with E-state index in [4.69, 9.17) is 9.47 Å². The summed E-state index contributed by atoms with van der Waals surface area (Å²) >= 11 is 0. The molecule has 0 fully saturated rings. The number of nitrogens with one attached hydrogen (secondary N) is 1. The lowest BCUT2D eigenvalue weighted by Gasteiger charge is -2.19. The molecule has 0 bridgehead atoms. The van der Waals surface area contributed by atoms with E-state index in [1.54, 1.807) is 14.2 Å². The summed E-state index contributed by atoms with van der Waals surface area (Å²) in [6.07, 6.45) is 0.985. The summed E-state index contributed by atoms with van der Waals surface area (Å²) in [7, 11) is 5.13. The van der Waals surface area contributed by atoms with Gasteiger partial charge in [0.25, 0.3) is 0 Å². The van der Waals surface area contributed by atoms with Crippen molar-refractivity contribution in [2.75, 3.05) is 33.1 Å². The molecule has 25 heavy (non-hydrogen) atoms. The van der Waals surface area contributed by atoms with E-state index >= 15 is 0 Å². The molecule has 5 heteroatoms. The van der Waals surface area contributed by atoms with Crippen LogP contribution in [-0.2, 0) is 17.8 Å². The maximum Gasteiger partial charge on any atom is 0.238 e. The molecule has 0 aliphatic carbocycles. The summed E-state index contributed by atoms with van der Waals surface area (Å²) in [6.45, 7) is 2.98. The van der Waals surface area contributed by atoms with Crippen LogP contribution in [0.2, 0.25) is 0 Å². The smallest absolute Gasteiger partial charge is 0.238 e. The Labute approximate surface area is 149 Å². The van der Waals surface area contributed by atoms with Crippen molar-refractivity contribution in [3.05, 3.63) is 53.6 Å². The van der Waals surface area contributed by atoms with Gasteiger partial charge in [-0.3, -0.25) is 9.69 Å². The van der Waals surface area contributed by atoms with E-state index in [-0.39, 0.29) is 12.5 Å². The number of hydrogen-bond donors (Lipinski definition) is 1. The lowest BCUT2D eigenvalue weighted by Crippen LogP contribution is -2.30. The summed E-state index contributed by atoms with van der Waals surface area (Å²) < 4.78 is 10.8. The molecule has 0 heterocycles. The molecule has 0 saturated heterocycles. The van der Waals surface area contributed by atoms with Gasteiger partial charge in [0.1, 0.15) is 0 Å². The van der Waals surface area contributed by atoms with Crippen molar-refractivity contribution in [1.29, 1.82) is 0 Å². The number of amides is 1. The molecule has 134 valence electrons. The van der Waals surface area contributed by atoms with Crippen molar-refractivity contribution >= 4 is 11.6 Å². The van der Waals surface area contributed by atoms with Crippen LogP contribution in [0, 0.1) is 0 Å². The van der Waals surface area contributed by atoms with Crippen LogP contribution in [0.25, 0.3) is 0 Å². The van der Waals surface area contributed by atoms with Crippen molar-refractivity contribution in [3.8, 4) is 11.5 Å². The van der Waals surface area contributed by atoms with E-state index in [1.807, 2.05) is 54.4 Å². The number of carbonyl (C=O) groups is 1. The number of carbonyl (C=O) groups excluding carboxylic acids is 1. The lowest BCUT2D eigenvalue weighted by molar-refractivity contribution is -0.117. The predicted octanol–water partition coefficient (Wildman–Crippen LogP) is 3.34. The predicted molar refractivity (Wildman–Crippen MR) is 100 cm³/mol. The fourth-order valence-electron chi connectivity index (χ4n) is 2.69. The number of benzene rings is 2. The molecular weight excluding hydrogens is 316 g/mol. The number of nitrogens with zero attached hydrogens (tertiary/aromatic N) is 1. The molecule has 2 rings (SSSR count). The van der Waals surface area contributed by atoms with E-state index in [9.17, 15) is 4.79 Å². The summed E-state index contributed by atoms with van der Waals surface area (Å²) in [5.41, 5.74) is 3.04. The van der Waals surface area contributed by atoms with Gasteiger partial charge in [0.2, 0.25) is 5.91 Å². The lowest BCUT2D eigenvalue weighted by atomic mass is 10.1. The first-order valence-corrected chi connectivity index (χ1v) is 8.34. The number of rotatable bonds is 8. The first-order valence-electron chi connectivity index (χ1n) is 8.34. The maximum absolute atomic E-state index is 12.2. The molecule has 0 unspecified atom stereocenters. The molecule has 2 aromatic carbocycles. The Balaban J connectivity index is 1.95. The summed E-state index contributed by atoms with van der Waals surface area (Å²) in [5.74, 6) is 1.34. The number of anilines is 1. The van der Waals surface area contributed by atoms with Gasteiger partial charge in [-0.05, 0) is 37.2 Å². The molecule has 0 aliphatic rings. The van der Waals surface area contributed by atoms with Gasteiger partial charge < -0.3 is 14.8 Å². The topological polar surface area (TPSA) is 50.8 Å². The van der Waals surface area contributed by atoms with Crippen LogP contribution in [0.3, 0.4) is 0 Å². The number of likely N-dealkylation sites (N-methyl/N-ethyl adjacent to an activating group) is 1.